The van der Waals surface area contributed by atoms with Crippen LogP contribution in [0, 0.1) is 0 Å². The lowest BCUT2D eigenvalue weighted by Gasteiger charge is -2.20. The first-order chi connectivity index (χ1) is 14.3. The third kappa shape index (κ3) is 8.62. The highest BCUT2D eigenvalue weighted by atomic mass is 16.3. The fourth-order valence-corrected chi connectivity index (χ4v) is 3.66. The van der Waals surface area contributed by atoms with Crippen molar-refractivity contribution in [3.63, 3.8) is 0 Å². The number of hydrogen-bond acceptors (Lipinski definition) is 4. The summed E-state index contributed by atoms with van der Waals surface area (Å²) in [5.41, 5.74) is 2.30. The molecule has 0 aliphatic carbocycles. The number of rotatable bonds is 8. The lowest BCUT2D eigenvalue weighted by atomic mass is 9.86. The van der Waals surface area contributed by atoms with E-state index in [4.69, 9.17) is 0 Å². The van der Waals surface area contributed by atoms with E-state index in [0.29, 0.717) is 6.54 Å². The molecule has 1 heterocycles. The minimum Gasteiger partial charge on any atom is -0.386 e. The van der Waals surface area contributed by atoms with E-state index in [-0.39, 0.29) is 5.41 Å². The van der Waals surface area contributed by atoms with Crippen molar-refractivity contribution in [2.75, 3.05) is 59.4 Å². The van der Waals surface area contributed by atoms with Crippen LogP contribution in [0.25, 0.3) is 0 Å². The molecule has 1 atom stereocenters. The second-order valence-electron chi connectivity index (χ2n) is 9.39. The number of nitrogens with one attached hydrogen (secondary N) is 2. The van der Waals surface area contributed by atoms with E-state index in [9.17, 15) is 5.11 Å². The van der Waals surface area contributed by atoms with Crippen LogP contribution in [0.4, 0.5) is 0 Å². The smallest absolute Gasteiger partial charge is 0.191 e. The predicted molar refractivity (Wildman–Crippen MR) is 127 cm³/mol. The number of aliphatic hydroxyl groups excluding tert-OH is 1. The zero-order valence-corrected chi connectivity index (χ0v) is 19.7. The Labute approximate surface area is 183 Å². The van der Waals surface area contributed by atoms with Crippen LogP contribution in [0.3, 0.4) is 0 Å². The van der Waals surface area contributed by atoms with Crippen molar-refractivity contribution in [1.29, 1.82) is 0 Å². The summed E-state index contributed by atoms with van der Waals surface area (Å²) < 4.78 is 0. The summed E-state index contributed by atoms with van der Waals surface area (Å²) >= 11 is 0. The molecule has 1 aromatic carbocycles. The third-order valence-electron chi connectivity index (χ3n) is 5.68. The van der Waals surface area contributed by atoms with Gasteiger partial charge in [-0.05, 0) is 63.0 Å². The van der Waals surface area contributed by atoms with Gasteiger partial charge in [-0.15, -0.1) is 0 Å². The number of aliphatic imine (C=N–C) groups is 1. The normalized spacial score (nSPS) is 18.1. The van der Waals surface area contributed by atoms with Gasteiger partial charge in [0, 0.05) is 26.2 Å². The number of hydrogen-bond donors (Lipinski definition) is 3. The second-order valence-corrected chi connectivity index (χ2v) is 9.39. The average Bonchev–Trinajstić information content (AvgIpc) is 2.92. The SMILES string of the molecule is CCNC(=NCC(O)c1ccc(C(C)(C)C)cc1)NCCCN1CCCN(C)CC1. The molecular formula is C24H43N5O. The van der Waals surface area contributed by atoms with Gasteiger partial charge in [-0.2, -0.15) is 0 Å². The maximum Gasteiger partial charge on any atom is 0.191 e. The van der Waals surface area contributed by atoms with Crippen molar-refractivity contribution in [1.82, 2.24) is 20.4 Å². The standard InChI is InChI=1S/C24H43N5O/c1-6-25-23(26-13-7-15-29-16-8-14-28(5)17-18-29)27-19-22(30)20-9-11-21(12-10-20)24(2,3)4/h9-12,22,30H,6-8,13-19H2,1-5H3,(H2,25,26,27). The largest absolute Gasteiger partial charge is 0.386 e. The number of nitrogens with zero attached hydrogens (tertiary/aromatic N) is 3. The fraction of sp³-hybridized carbons (Fsp3) is 0.708. The molecule has 1 unspecified atom stereocenters. The van der Waals surface area contributed by atoms with Crippen molar-refractivity contribution >= 4 is 5.96 Å². The molecule has 1 aliphatic rings. The van der Waals surface area contributed by atoms with Gasteiger partial charge in [0.15, 0.2) is 5.96 Å². The maximum absolute atomic E-state index is 10.5. The van der Waals surface area contributed by atoms with Crippen LogP contribution in [0.5, 0.6) is 0 Å². The van der Waals surface area contributed by atoms with Gasteiger partial charge in [0.05, 0.1) is 12.6 Å². The van der Waals surface area contributed by atoms with Crippen LogP contribution >= 0.6 is 0 Å². The molecule has 1 saturated heterocycles. The predicted octanol–water partition coefficient (Wildman–Crippen LogP) is 2.60. The summed E-state index contributed by atoms with van der Waals surface area (Å²) in [5.74, 6) is 0.776. The molecular weight excluding hydrogens is 374 g/mol. The van der Waals surface area contributed by atoms with Crippen molar-refractivity contribution in [3.05, 3.63) is 35.4 Å². The molecule has 1 aliphatic heterocycles. The maximum atomic E-state index is 10.5. The van der Waals surface area contributed by atoms with E-state index in [1.807, 2.05) is 12.1 Å². The van der Waals surface area contributed by atoms with E-state index in [2.05, 4.69) is 72.3 Å². The molecule has 0 bridgehead atoms. The monoisotopic (exact) mass is 417 g/mol. The van der Waals surface area contributed by atoms with E-state index in [1.165, 1.54) is 25.1 Å². The highest BCUT2D eigenvalue weighted by Crippen LogP contribution is 2.24. The van der Waals surface area contributed by atoms with Crippen molar-refractivity contribution in [3.8, 4) is 0 Å². The number of benzene rings is 1. The zero-order valence-electron chi connectivity index (χ0n) is 19.7. The third-order valence-corrected chi connectivity index (χ3v) is 5.68. The Bertz CT molecular complexity index is 638. The highest BCUT2D eigenvalue weighted by Gasteiger charge is 2.15. The molecule has 0 radical (unpaired) electrons. The Balaban J connectivity index is 1.78. The van der Waals surface area contributed by atoms with Gasteiger partial charge in [0.1, 0.15) is 0 Å². The molecule has 0 saturated carbocycles. The van der Waals surface area contributed by atoms with Gasteiger partial charge in [0.2, 0.25) is 0 Å². The first-order valence-corrected chi connectivity index (χ1v) is 11.5. The first-order valence-electron chi connectivity index (χ1n) is 11.5. The van der Waals surface area contributed by atoms with Gasteiger partial charge in [-0.25, -0.2) is 0 Å². The molecule has 0 amide bonds. The Hall–Kier alpha value is -1.63. The molecule has 0 aromatic heterocycles. The number of aliphatic hydroxyl groups is 1. The van der Waals surface area contributed by atoms with E-state index >= 15 is 0 Å². The minimum atomic E-state index is -0.594. The lowest BCUT2D eigenvalue weighted by molar-refractivity contribution is 0.187. The summed E-state index contributed by atoms with van der Waals surface area (Å²) in [6, 6.07) is 8.23. The summed E-state index contributed by atoms with van der Waals surface area (Å²) in [6.07, 6.45) is 1.75. The van der Waals surface area contributed by atoms with Crippen LogP contribution in [0.1, 0.15) is 57.8 Å². The minimum absolute atomic E-state index is 0.118. The molecule has 0 spiro atoms. The Morgan fingerprint density at radius 2 is 1.83 bits per heavy atom. The Morgan fingerprint density at radius 1 is 1.10 bits per heavy atom. The van der Waals surface area contributed by atoms with Gasteiger partial charge < -0.3 is 25.5 Å². The summed E-state index contributed by atoms with van der Waals surface area (Å²) in [4.78, 5) is 9.56. The fourth-order valence-electron chi connectivity index (χ4n) is 3.66. The molecule has 2 rings (SSSR count). The first kappa shape index (κ1) is 24.6. The Kier molecular flexibility index (Phi) is 10.1. The lowest BCUT2D eigenvalue weighted by Crippen LogP contribution is -2.39. The number of likely N-dealkylation sites (N-methyl/N-ethyl adjacent to an activating group) is 1. The summed E-state index contributed by atoms with van der Waals surface area (Å²) in [7, 11) is 2.21. The average molecular weight is 418 g/mol. The Morgan fingerprint density at radius 3 is 2.50 bits per heavy atom. The van der Waals surface area contributed by atoms with Crippen molar-refractivity contribution < 1.29 is 5.11 Å². The van der Waals surface area contributed by atoms with Gasteiger partial charge >= 0.3 is 0 Å². The van der Waals surface area contributed by atoms with Crippen LogP contribution in [-0.4, -0.2) is 80.3 Å². The van der Waals surface area contributed by atoms with Crippen LogP contribution in [-0.2, 0) is 5.41 Å². The van der Waals surface area contributed by atoms with Crippen LogP contribution in [0.2, 0.25) is 0 Å². The number of guanidine groups is 1. The van der Waals surface area contributed by atoms with Crippen molar-refractivity contribution in [2.24, 2.45) is 4.99 Å². The van der Waals surface area contributed by atoms with Gasteiger partial charge in [0.25, 0.3) is 0 Å². The highest BCUT2D eigenvalue weighted by molar-refractivity contribution is 5.79. The van der Waals surface area contributed by atoms with Gasteiger partial charge in [-0.3, -0.25) is 4.99 Å². The van der Waals surface area contributed by atoms with E-state index in [1.54, 1.807) is 0 Å². The molecule has 6 nitrogen and oxygen atoms in total. The van der Waals surface area contributed by atoms with E-state index < -0.39 is 6.10 Å². The molecule has 170 valence electrons. The molecule has 6 heteroatoms. The quantitative estimate of drug-likeness (QED) is 0.345. The zero-order chi connectivity index (χ0) is 22.0. The molecule has 3 N–H and O–H groups in total. The topological polar surface area (TPSA) is 63.1 Å². The van der Waals surface area contributed by atoms with Crippen molar-refractivity contribution in [2.45, 2.75) is 52.1 Å². The second kappa shape index (κ2) is 12.3. The summed E-state index contributed by atoms with van der Waals surface area (Å²) in [5, 5.41) is 17.2. The molecule has 1 aromatic rings. The van der Waals surface area contributed by atoms with Crippen LogP contribution in [0.15, 0.2) is 29.3 Å². The van der Waals surface area contributed by atoms with Crippen LogP contribution < -0.4 is 10.6 Å². The van der Waals surface area contributed by atoms with Gasteiger partial charge in [-0.1, -0.05) is 45.0 Å². The molecule has 30 heavy (non-hydrogen) atoms. The summed E-state index contributed by atoms with van der Waals surface area (Å²) in [6.45, 7) is 16.5. The van der Waals surface area contributed by atoms with E-state index in [0.717, 1.165) is 50.7 Å². The molecule has 1 fully saturated rings.